The van der Waals surface area contributed by atoms with Gasteiger partial charge in [0, 0.05) is 40.2 Å². The fourth-order valence-electron chi connectivity index (χ4n) is 2.20. The summed E-state index contributed by atoms with van der Waals surface area (Å²) in [5.74, 6) is 0. The van der Waals surface area contributed by atoms with Crippen LogP contribution in [-0.4, -0.2) is 22.9 Å². The molecule has 1 saturated heterocycles. The summed E-state index contributed by atoms with van der Waals surface area (Å²) >= 11 is 1.89. The minimum Gasteiger partial charge on any atom is -0.377 e. The number of aromatic nitrogens is 1. The largest absolute Gasteiger partial charge is 0.377 e. The quantitative estimate of drug-likeness (QED) is 0.897. The Labute approximate surface area is 107 Å². The Morgan fingerprint density at radius 1 is 1.53 bits per heavy atom. The fourth-order valence-corrected chi connectivity index (χ4v) is 3.63. The number of hydrogen-bond donors (Lipinski definition) is 1. The lowest BCUT2D eigenvalue weighted by molar-refractivity contribution is 0.127. The summed E-state index contributed by atoms with van der Waals surface area (Å²) in [5, 5.41) is 0.543. The number of pyridine rings is 1. The summed E-state index contributed by atoms with van der Waals surface area (Å²) < 4.78 is 5.60. The van der Waals surface area contributed by atoms with Gasteiger partial charge in [-0.3, -0.25) is 4.98 Å². The second-order valence-corrected chi connectivity index (χ2v) is 5.83. The first-order valence-electron chi connectivity index (χ1n) is 6.07. The van der Waals surface area contributed by atoms with Gasteiger partial charge in [-0.1, -0.05) is 0 Å². The highest BCUT2D eigenvalue weighted by Crippen LogP contribution is 2.35. The van der Waals surface area contributed by atoms with Gasteiger partial charge in [0.05, 0.1) is 6.10 Å². The average Bonchev–Trinajstić information content (AvgIpc) is 2.64. The molecule has 0 spiro atoms. The van der Waals surface area contributed by atoms with Gasteiger partial charge in [0.1, 0.15) is 0 Å². The van der Waals surface area contributed by atoms with E-state index in [1.54, 1.807) is 0 Å². The van der Waals surface area contributed by atoms with Crippen molar-refractivity contribution in [2.75, 3.05) is 6.61 Å². The summed E-state index contributed by atoms with van der Waals surface area (Å²) in [5.41, 5.74) is 9.13. The van der Waals surface area contributed by atoms with Gasteiger partial charge in [0.25, 0.3) is 0 Å². The van der Waals surface area contributed by atoms with Crippen LogP contribution in [0.15, 0.2) is 11.0 Å². The first kappa shape index (κ1) is 12.9. The lowest BCUT2D eigenvalue weighted by Gasteiger charge is -2.17. The Morgan fingerprint density at radius 2 is 2.29 bits per heavy atom. The fraction of sp³-hybridized carbons (Fsp3) is 0.615. The van der Waals surface area contributed by atoms with Gasteiger partial charge < -0.3 is 10.5 Å². The van der Waals surface area contributed by atoms with Gasteiger partial charge in [-0.15, -0.1) is 11.8 Å². The Balaban J connectivity index is 2.24. The van der Waals surface area contributed by atoms with Crippen molar-refractivity contribution in [2.45, 2.75) is 50.0 Å². The minimum atomic E-state index is 0.333. The van der Waals surface area contributed by atoms with Gasteiger partial charge in [-0.05, 0) is 33.3 Å². The van der Waals surface area contributed by atoms with Crippen LogP contribution in [0.5, 0.6) is 0 Å². The molecule has 2 unspecified atom stereocenters. The van der Waals surface area contributed by atoms with Crippen molar-refractivity contribution < 1.29 is 4.74 Å². The van der Waals surface area contributed by atoms with E-state index >= 15 is 0 Å². The Bertz CT molecular complexity index is 409. The summed E-state index contributed by atoms with van der Waals surface area (Å²) in [6.45, 7) is 7.65. The SMILES string of the molecule is Cc1cc(SC2CCOC2C)c(CN)c(C)n1. The molecule has 2 atom stereocenters. The lowest BCUT2D eigenvalue weighted by Crippen LogP contribution is -2.14. The predicted molar refractivity (Wildman–Crippen MR) is 71.3 cm³/mol. The molecule has 0 bridgehead atoms. The molecule has 4 heteroatoms. The number of nitrogens with two attached hydrogens (primary N) is 1. The summed E-state index contributed by atoms with van der Waals surface area (Å²) in [7, 11) is 0. The van der Waals surface area contributed by atoms with Crippen molar-refractivity contribution in [3.8, 4) is 0 Å². The number of ether oxygens (including phenoxy) is 1. The van der Waals surface area contributed by atoms with Crippen molar-refractivity contribution in [3.63, 3.8) is 0 Å². The van der Waals surface area contributed by atoms with Crippen LogP contribution in [-0.2, 0) is 11.3 Å². The molecule has 0 aromatic carbocycles. The molecule has 1 aromatic rings. The van der Waals surface area contributed by atoms with Crippen LogP contribution >= 0.6 is 11.8 Å². The molecule has 0 amide bonds. The van der Waals surface area contributed by atoms with E-state index in [-0.39, 0.29) is 0 Å². The van der Waals surface area contributed by atoms with Crippen LogP contribution in [0.4, 0.5) is 0 Å². The lowest BCUT2D eigenvalue weighted by atomic mass is 10.2. The predicted octanol–water partition coefficient (Wildman–Crippen LogP) is 2.43. The molecule has 1 fully saturated rings. The zero-order valence-electron chi connectivity index (χ0n) is 10.7. The average molecular weight is 252 g/mol. The van der Waals surface area contributed by atoms with Gasteiger partial charge in [-0.25, -0.2) is 0 Å². The third-order valence-electron chi connectivity index (χ3n) is 3.21. The first-order chi connectivity index (χ1) is 8.11. The maximum absolute atomic E-state index is 5.83. The summed E-state index contributed by atoms with van der Waals surface area (Å²) in [4.78, 5) is 5.75. The summed E-state index contributed by atoms with van der Waals surface area (Å²) in [6.07, 6.45) is 1.45. The molecular formula is C13H20N2OS. The molecule has 0 aliphatic carbocycles. The number of hydrogen-bond acceptors (Lipinski definition) is 4. The van der Waals surface area contributed by atoms with Gasteiger partial charge in [0.15, 0.2) is 0 Å². The van der Waals surface area contributed by atoms with E-state index in [4.69, 9.17) is 10.5 Å². The number of nitrogens with zero attached hydrogens (tertiary/aromatic N) is 1. The van der Waals surface area contributed by atoms with Crippen LogP contribution in [0, 0.1) is 13.8 Å². The van der Waals surface area contributed by atoms with E-state index in [0.717, 1.165) is 24.4 Å². The van der Waals surface area contributed by atoms with Gasteiger partial charge in [-0.2, -0.15) is 0 Å². The van der Waals surface area contributed by atoms with Crippen molar-refractivity contribution in [1.82, 2.24) is 4.98 Å². The number of rotatable bonds is 3. The first-order valence-corrected chi connectivity index (χ1v) is 6.95. The standard InChI is InChI=1S/C13H20N2OS/c1-8-6-13(11(7-14)9(2)15-8)17-12-4-5-16-10(12)3/h6,10,12H,4-5,7,14H2,1-3H3. The highest BCUT2D eigenvalue weighted by atomic mass is 32.2. The molecule has 1 aromatic heterocycles. The van der Waals surface area contributed by atoms with Crippen molar-refractivity contribution >= 4 is 11.8 Å². The third kappa shape index (κ3) is 2.81. The molecule has 1 aliphatic rings. The molecule has 94 valence electrons. The third-order valence-corrected chi connectivity index (χ3v) is 4.75. The van der Waals surface area contributed by atoms with Crippen LogP contribution in [0.25, 0.3) is 0 Å². The van der Waals surface area contributed by atoms with Crippen molar-refractivity contribution in [2.24, 2.45) is 5.73 Å². The highest BCUT2D eigenvalue weighted by Gasteiger charge is 2.26. The van der Waals surface area contributed by atoms with Crippen LogP contribution < -0.4 is 5.73 Å². The van der Waals surface area contributed by atoms with Crippen LogP contribution in [0.3, 0.4) is 0 Å². The minimum absolute atomic E-state index is 0.333. The van der Waals surface area contributed by atoms with E-state index < -0.39 is 0 Å². The van der Waals surface area contributed by atoms with Crippen LogP contribution in [0.1, 0.15) is 30.3 Å². The molecule has 3 nitrogen and oxygen atoms in total. The molecule has 2 heterocycles. The Hall–Kier alpha value is -0.580. The maximum atomic E-state index is 5.83. The van der Waals surface area contributed by atoms with E-state index in [2.05, 4.69) is 18.0 Å². The Kier molecular flexibility index (Phi) is 4.07. The monoisotopic (exact) mass is 252 g/mol. The number of thioether (sulfide) groups is 1. The van der Waals surface area contributed by atoms with E-state index in [1.807, 2.05) is 25.6 Å². The maximum Gasteiger partial charge on any atom is 0.0669 e. The molecule has 0 radical (unpaired) electrons. The van der Waals surface area contributed by atoms with E-state index in [1.165, 1.54) is 10.5 Å². The van der Waals surface area contributed by atoms with E-state index in [9.17, 15) is 0 Å². The summed E-state index contributed by atoms with van der Waals surface area (Å²) in [6, 6.07) is 2.14. The molecular weight excluding hydrogens is 232 g/mol. The van der Waals surface area contributed by atoms with Gasteiger partial charge >= 0.3 is 0 Å². The van der Waals surface area contributed by atoms with Gasteiger partial charge in [0.2, 0.25) is 0 Å². The Morgan fingerprint density at radius 3 is 2.88 bits per heavy atom. The van der Waals surface area contributed by atoms with Crippen molar-refractivity contribution in [3.05, 3.63) is 23.0 Å². The van der Waals surface area contributed by atoms with Crippen LogP contribution in [0.2, 0.25) is 0 Å². The molecule has 0 saturated carbocycles. The molecule has 2 rings (SSSR count). The zero-order valence-corrected chi connectivity index (χ0v) is 11.5. The smallest absolute Gasteiger partial charge is 0.0669 e. The normalized spacial score (nSPS) is 24.2. The van der Waals surface area contributed by atoms with Crippen molar-refractivity contribution in [1.29, 1.82) is 0 Å². The zero-order chi connectivity index (χ0) is 12.4. The topological polar surface area (TPSA) is 48.1 Å². The second kappa shape index (κ2) is 5.38. The second-order valence-electron chi connectivity index (χ2n) is 4.55. The number of aryl methyl sites for hydroxylation is 2. The molecule has 1 aliphatic heterocycles. The highest BCUT2D eigenvalue weighted by molar-refractivity contribution is 8.00. The molecule has 17 heavy (non-hydrogen) atoms. The van der Waals surface area contributed by atoms with E-state index in [0.29, 0.717) is 17.9 Å². The molecule has 2 N–H and O–H groups in total.